The van der Waals surface area contributed by atoms with Gasteiger partial charge in [0.2, 0.25) is 5.95 Å². The molecule has 0 amide bonds. The Balaban J connectivity index is 1.22. The van der Waals surface area contributed by atoms with Crippen LogP contribution in [0.2, 0.25) is 0 Å². The maximum absolute atomic E-state index is 9.00. The molecule has 10 nitrogen and oxygen atoms in total. The Labute approximate surface area is 229 Å². The van der Waals surface area contributed by atoms with Crippen molar-refractivity contribution >= 4 is 28.5 Å². The lowest BCUT2D eigenvalue weighted by atomic mass is 9.77. The Hall–Kier alpha value is -3.42. The normalized spacial score (nSPS) is 25.8. The molecule has 5 heterocycles. The number of nitriles is 1. The summed E-state index contributed by atoms with van der Waals surface area (Å²) in [6.45, 7) is 4.10. The van der Waals surface area contributed by atoms with E-state index in [1.54, 1.807) is 0 Å². The molecule has 3 aliphatic rings. The molecule has 2 bridgehead atoms. The standard InChI is InChI=1S/C29H39N9O/c1-18-12-27(37-36-18)34-28-25-6-5-24(39-23-7-10-38(2)11-8-23)17-26(25)33-29(35-28)32-22-15-20-13-19(4-3-9-30)14-21(16-22)31-20/h5-6,12,17,19-23,31H,3-4,7-8,10-11,13-16H2,1-2H3,(H3,32,33,34,35,36,37)/t19?,20-,21+,22-. The molecule has 0 aliphatic carbocycles. The van der Waals surface area contributed by atoms with Crippen LogP contribution >= 0.6 is 0 Å². The topological polar surface area (TPSA) is 127 Å². The van der Waals surface area contributed by atoms with Gasteiger partial charge in [0.05, 0.1) is 11.6 Å². The van der Waals surface area contributed by atoms with Crippen LogP contribution in [0.15, 0.2) is 24.3 Å². The van der Waals surface area contributed by atoms with E-state index >= 15 is 0 Å². The SMILES string of the molecule is Cc1cc(Nc2nc(N[C@@H]3C[C@H]4CC(CCC#N)C[C@@H](C3)N4)nc3cc(OC4CCN(C)CC4)ccc23)n[nH]1. The van der Waals surface area contributed by atoms with Crippen molar-refractivity contribution in [3.05, 3.63) is 30.0 Å². The summed E-state index contributed by atoms with van der Waals surface area (Å²) in [6, 6.07) is 11.6. The highest BCUT2D eigenvalue weighted by atomic mass is 16.5. The van der Waals surface area contributed by atoms with E-state index in [9.17, 15) is 0 Å². The van der Waals surface area contributed by atoms with Crippen molar-refractivity contribution in [2.45, 2.75) is 82.5 Å². The minimum atomic E-state index is 0.230. The number of piperidine rings is 3. The summed E-state index contributed by atoms with van der Waals surface area (Å²) in [5, 5.41) is 28.1. The molecule has 3 aromatic rings. The third-order valence-corrected chi connectivity index (χ3v) is 8.43. The zero-order chi connectivity index (χ0) is 26.8. The van der Waals surface area contributed by atoms with Gasteiger partial charge in [0.1, 0.15) is 17.7 Å². The number of nitrogens with one attached hydrogen (secondary N) is 4. The highest BCUT2D eigenvalue weighted by Gasteiger charge is 2.35. The predicted octanol–water partition coefficient (Wildman–Crippen LogP) is 4.49. The first-order valence-electron chi connectivity index (χ1n) is 14.4. The molecule has 0 saturated carbocycles. The highest BCUT2D eigenvalue weighted by Crippen LogP contribution is 2.34. The lowest BCUT2D eigenvalue weighted by Crippen LogP contribution is -2.54. The second-order valence-electron chi connectivity index (χ2n) is 11.7. The number of anilines is 3. The maximum atomic E-state index is 9.00. The number of H-pyrrole nitrogens is 1. The fourth-order valence-corrected chi connectivity index (χ4v) is 6.53. The van der Waals surface area contributed by atoms with E-state index in [0.29, 0.717) is 36.4 Å². The lowest BCUT2D eigenvalue weighted by Gasteiger charge is -2.43. The molecule has 3 saturated heterocycles. The summed E-state index contributed by atoms with van der Waals surface area (Å²) in [7, 11) is 2.16. The van der Waals surface area contributed by atoms with Crippen LogP contribution in [0.5, 0.6) is 5.75 Å². The number of benzene rings is 1. The van der Waals surface area contributed by atoms with Gasteiger partial charge in [-0.05, 0) is 77.0 Å². The minimum absolute atomic E-state index is 0.230. The average Bonchev–Trinajstić information content (AvgIpc) is 3.32. The second-order valence-corrected chi connectivity index (χ2v) is 11.7. The molecule has 3 fully saturated rings. The Morgan fingerprint density at radius 2 is 1.90 bits per heavy atom. The summed E-state index contributed by atoms with van der Waals surface area (Å²) in [4.78, 5) is 12.2. The Morgan fingerprint density at radius 1 is 1.10 bits per heavy atom. The van der Waals surface area contributed by atoms with Gasteiger partial charge in [-0.15, -0.1) is 0 Å². The Kier molecular flexibility index (Phi) is 7.53. The second kappa shape index (κ2) is 11.4. The minimum Gasteiger partial charge on any atom is -0.490 e. The first kappa shape index (κ1) is 25.8. The van der Waals surface area contributed by atoms with E-state index in [0.717, 1.165) is 92.0 Å². The van der Waals surface area contributed by atoms with Crippen LogP contribution in [-0.4, -0.2) is 69.4 Å². The van der Waals surface area contributed by atoms with Gasteiger partial charge in [-0.2, -0.15) is 15.3 Å². The zero-order valence-corrected chi connectivity index (χ0v) is 22.9. The third-order valence-electron chi connectivity index (χ3n) is 8.43. The van der Waals surface area contributed by atoms with Gasteiger partial charge in [-0.3, -0.25) is 5.10 Å². The van der Waals surface area contributed by atoms with Crippen molar-refractivity contribution in [2.75, 3.05) is 30.8 Å². The van der Waals surface area contributed by atoms with Crippen LogP contribution in [0.25, 0.3) is 10.9 Å². The number of hydrogen-bond acceptors (Lipinski definition) is 9. The molecule has 6 rings (SSSR count). The molecule has 0 spiro atoms. The summed E-state index contributed by atoms with van der Waals surface area (Å²) < 4.78 is 6.38. The predicted molar refractivity (Wildman–Crippen MR) is 152 cm³/mol. The first-order valence-corrected chi connectivity index (χ1v) is 14.4. The molecule has 1 unspecified atom stereocenters. The highest BCUT2D eigenvalue weighted by molar-refractivity contribution is 5.92. The third kappa shape index (κ3) is 6.26. The van der Waals surface area contributed by atoms with Crippen molar-refractivity contribution < 1.29 is 4.74 Å². The quantitative estimate of drug-likeness (QED) is 0.334. The van der Waals surface area contributed by atoms with E-state index in [4.69, 9.17) is 20.0 Å². The average molecular weight is 530 g/mol. The number of likely N-dealkylation sites (tertiary alicyclic amines) is 1. The van der Waals surface area contributed by atoms with Gasteiger partial charge < -0.3 is 25.6 Å². The number of ether oxygens (including phenoxy) is 1. The molecule has 2 aromatic heterocycles. The van der Waals surface area contributed by atoms with E-state index < -0.39 is 0 Å². The molecule has 3 aliphatic heterocycles. The Morgan fingerprint density at radius 3 is 2.62 bits per heavy atom. The largest absolute Gasteiger partial charge is 0.490 e. The van der Waals surface area contributed by atoms with E-state index in [-0.39, 0.29) is 6.10 Å². The molecule has 0 radical (unpaired) electrons. The number of fused-ring (bicyclic) bond motifs is 3. The molecular weight excluding hydrogens is 490 g/mol. The molecule has 39 heavy (non-hydrogen) atoms. The van der Waals surface area contributed by atoms with E-state index in [1.807, 2.05) is 31.2 Å². The maximum Gasteiger partial charge on any atom is 0.225 e. The monoisotopic (exact) mass is 529 g/mol. The molecule has 4 N–H and O–H groups in total. The summed E-state index contributed by atoms with van der Waals surface area (Å²) in [6.07, 6.45) is 8.30. The van der Waals surface area contributed by atoms with Gasteiger partial charge in [0, 0.05) is 60.8 Å². The molecule has 4 atom stereocenters. The van der Waals surface area contributed by atoms with Crippen molar-refractivity contribution in [3.8, 4) is 11.8 Å². The van der Waals surface area contributed by atoms with Gasteiger partial charge in [-0.25, -0.2) is 4.98 Å². The van der Waals surface area contributed by atoms with Crippen molar-refractivity contribution in [2.24, 2.45) is 5.92 Å². The van der Waals surface area contributed by atoms with E-state index in [2.05, 4.69) is 44.2 Å². The first-order chi connectivity index (χ1) is 19.0. The fraction of sp³-hybridized carbons (Fsp3) is 0.586. The van der Waals surface area contributed by atoms with Crippen molar-refractivity contribution in [1.29, 1.82) is 5.26 Å². The van der Waals surface area contributed by atoms with Crippen LogP contribution in [0.3, 0.4) is 0 Å². The summed E-state index contributed by atoms with van der Waals surface area (Å²) in [5.74, 6) is 3.58. The van der Waals surface area contributed by atoms with Crippen LogP contribution in [-0.2, 0) is 0 Å². The van der Waals surface area contributed by atoms with Gasteiger partial charge in [0.15, 0.2) is 5.82 Å². The van der Waals surface area contributed by atoms with Crippen LogP contribution in [0.4, 0.5) is 17.6 Å². The molecular formula is C29H39N9O. The van der Waals surface area contributed by atoms with Crippen molar-refractivity contribution in [3.63, 3.8) is 0 Å². The van der Waals surface area contributed by atoms with Gasteiger partial charge >= 0.3 is 0 Å². The van der Waals surface area contributed by atoms with Crippen molar-refractivity contribution in [1.82, 2.24) is 30.4 Å². The zero-order valence-electron chi connectivity index (χ0n) is 22.9. The molecule has 10 heteroatoms. The van der Waals surface area contributed by atoms with Gasteiger partial charge in [-0.1, -0.05) is 0 Å². The van der Waals surface area contributed by atoms with Crippen LogP contribution < -0.4 is 20.7 Å². The number of rotatable bonds is 8. The number of nitrogens with zero attached hydrogens (tertiary/aromatic N) is 5. The van der Waals surface area contributed by atoms with Gasteiger partial charge in [0.25, 0.3) is 0 Å². The molecule has 206 valence electrons. The summed E-state index contributed by atoms with van der Waals surface area (Å²) in [5.41, 5.74) is 1.83. The fourth-order valence-electron chi connectivity index (χ4n) is 6.53. The van der Waals surface area contributed by atoms with Crippen LogP contribution in [0.1, 0.15) is 57.1 Å². The number of aromatic nitrogens is 4. The lowest BCUT2D eigenvalue weighted by molar-refractivity contribution is 0.114. The summed E-state index contributed by atoms with van der Waals surface area (Å²) >= 11 is 0. The smallest absolute Gasteiger partial charge is 0.225 e. The van der Waals surface area contributed by atoms with E-state index in [1.165, 1.54) is 0 Å². The number of aromatic amines is 1. The molecule has 1 aromatic carbocycles. The number of aryl methyl sites for hydroxylation is 1. The van der Waals surface area contributed by atoms with Crippen LogP contribution in [0, 0.1) is 24.2 Å². The Bertz CT molecular complexity index is 1310. The number of hydrogen-bond donors (Lipinski definition) is 4.